The lowest BCUT2D eigenvalue weighted by Gasteiger charge is -2.26. The average Bonchev–Trinajstić information content (AvgIpc) is 3.18. The van der Waals surface area contributed by atoms with E-state index in [9.17, 15) is 14.7 Å². The van der Waals surface area contributed by atoms with Crippen LogP contribution >= 0.6 is 0 Å². The van der Waals surface area contributed by atoms with E-state index in [1.54, 1.807) is 72.8 Å². The van der Waals surface area contributed by atoms with Crippen LogP contribution in [0.2, 0.25) is 0 Å². The summed E-state index contributed by atoms with van der Waals surface area (Å²) < 4.78 is 16.8. The molecule has 3 aromatic rings. The van der Waals surface area contributed by atoms with Gasteiger partial charge in [-0.25, -0.2) is 0 Å². The first-order chi connectivity index (χ1) is 18.0. The van der Waals surface area contributed by atoms with Crippen LogP contribution in [0, 0.1) is 0 Å². The van der Waals surface area contributed by atoms with Crippen molar-refractivity contribution in [2.45, 2.75) is 33.2 Å². The molecule has 0 aromatic heterocycles. The van der Waals surface area contributed by atoms with Crippen LogP contribution in [0.1, 0.15) is 44.4 Å². The monoisotopic (exact) mass is 501 g/mol. The van der Waals surface area contributed by atoms with Gasteiger partial charge in [0.1, 0.15) is 23.0 Å². The fraction of sp³-hybridized carbons (Fsp3) is 0.267. The van der Waals surface area contributed by atoms with Crippen molar-refractivity contribution in [3.63, 3.8) is 0 Å². The predicted octanol–water partition coefficient (Wildman–Crippen LogP) is 5.90. The Kier molecular flexibility index (Phi) is 8.13. The molecule has 0 saturated carbocycles. The Morgan fingerprint density at radius 3 is 2.03 bits per heavy atom. The third-order valence-electron chi connectivity index (χ3n) is 5.96. The van der Waals surface area contributed by atoms with Crippen LogP contribution in [0.3, 0.4) is 0 Å². The zero-order valence-corrected chi connectivity index (χ0v) is 21.3. The number of ketones is 1. The highest BCUT2D eigenvalue weighted by molar-refractivity contribution is 6.51. The van der Waals surface area contributed by atoms with E-state index in [2.05, 4.69) is 0 Å². The molecule has 1 fully saturated rings. The van der Waals surface area contributed by atoms with Gasteiger partial charge in [0.25, 0.3) is 11.7 Å². The number of benzene rings is 3. The highest BCUT2D eigenvalue weighted by Crippen LogP contribution is 2.43. The lowest BCUT2D eigenvalue weighted by Crippen LogP contribution is -2.29. The van der Waals surface area contributed by atoms with Gasteiger partial charge in [-0.1, -0.05) is 31.2 Å². The van der Waals surface area contributed by atoms with Crippen LogP contribution in [0.25, 0.3) is 5.76 Å². The van der Waals surface area contributed by atoms with Crippen LogP contribution in [0.15, 0.2) is 78.4 Å². The minimum Gasteiger partial charge on any atom is -0.507 e. The van der Waals surface area contributed by atoms with E-state index < -0.39 is 17.7 Å². The number of hydrogen-bond acceptors (Lipinski definition) is 6. The number of nitrogens with zero attached hydrogens (tertiary/aromatic N) is 1. The van der Waals surface area contributed by atoms with Crippen molar-refractivity contribution in [2.24, 2.45) is 0 Å². The average molecular weight is 502 g/mol. The first-order valence-corrected chi connectivity index (χ1v) is 12.5. The summed E-state index contributed by atoms with van der Waals surface area (Å²) in [5, 5.41) is 11.4. The topological polar surface area (TPSA) is 85.3 Å². The van der Waals surface area contributed by atoms with Crippen molar-refractivity contribution >= 4 is 23.1 Å². The summed E-state index contributed by atoms with van der Waals surface area (Å²) >= 11 is 0. The summed E-state index contributed by atoms with van der Waals surface area (Å²) in [6.45, 7) is 7.34. The summed E-state index contributed by atoms with van der Waals surface area (Å²) in [4.78, 5) is 28.2. The van der Waals surface area contributed by atoms with Crippen LogP contribution in [0.4, 0.5) is 5.69 Å². The fourth-order valence-electron chi connectivity index (χ4n) is 4.31. The summed E-state index contributed by atoms with van der Waals surface area (Å²) in [6.07, 6.45) is 0.834. The molecule has 1 heterocycles. The Morgan fingerprint density at radius 2 is 1.43 bits per heavy atom. The molecule has 7 nitrogen and oxygen atoms in total. The van der Waals surface area contributed by atoms with Crippen LogP contribution in [-0.2, 0) is 9.59 Å². The van der Waals surface area contributed by atoms with E-state index in [1.807, 2.05) is 20.8 Å². The maximum absolute atomic E-state index is 13.4. The normalized spacial score (nSPS) is 16.6. The van der Waals surface area contributed by atoms with E-state index in [1.165, 1.54) is 4.90 Å². The van der Waals surface area contributed by atoms with Crippen molar-refractivity contribution in [1.82, 2.24) is 0 Å². The molecule has 3 aromatic carbocycles. The Bertz CT molecular complexity index is 1280. The van der Waals surface area contributed by atoms with Gasteiger partial charge in [-0.05, 0) is 74.4 Å². The van der Waals surface area contributed by atoms with Crippen molar-refractivity contribution in [2.75, 3.05) is 24.7 Å². The highest BCUT2D eigenvalue weighted by atomic mass is 16.5. The molecule has 1 N–H and O–H groups in total. The van der Waals surface area contributed by atoms with Crippen LogP contribution in [-0.4, -0.2) is 36.6 Å². The number of aliphatic hydroxyl groups is 1. The maximum Gasteiger partial charge on any atom is 0.300 e. The van der Waals surface area contributed by atoms with E-state index in [0.717, 1.165) is 6.42 Å². The van der Waals surface area contributed by atoms with Gasteiger partial charge in [-0.3, -0.25) is 14.5 Å². The molecule has 37 heavy (non-hydrogen) atoms. The zero-order chi connectivity index (χ0) is 26.4. The van der Waals surface area contributed by atoms with Gasteiger partial charge in [0.05, 0.1) is 31.4 Å². The molecule has 1 aliphatic heterocycles. The number of Topliss-reactive ketones (excluding diaryl/α,β-unsaturated/α-hetero) is 1. The molecule has 0 aliphatic carbocycles. The van der Waals surface area contributed by atoms with Gasteiger partial charge in [0.15, 0.2) is 0 Å². The Morgan fingerprint density at radius 1 is 0.811 bits per heavy atom. The summed E-state index contributed by atoms with van der Waals surface area (Å²) in [7, 11) is 0. The van der Waals surface area contributed by atoms with E-state index in [0.29, 0.717) is 53.9 Å². The van der Waals surface area contributed by atoms with E-state index in [-0.39, 0.29) is 11.3 Å². The molecule has 1 saturated heterocycles. The van der Waals surface area contributed by atoms with Crippen molar-refractivity contribution in [3.8, 4) is 17.2 Å². The molecule has 1 aliphatic rings. The Hall–Kier alpha value is -4.26. The summed E-state index contributed by atoms with van der Waals surface area (Å²) in [5.41, 5.74) is 1.59. The van der Waals surface area contributed by atoms with Gasteiger partial charge in [0, 0.05) is 11.3 Å². The molecule has 1 atom stereocenters. The number of rotatable bonds is 10. The molecule has 1 unspecified atom stereocenters. The SMILES string of the molecule is CCCOc1cccc(/C(O)=C2/C(=O)C(=O)N(c3ccc(OCC)cc3)C2c2ccc(OCC)cc2)c1. The molecular formula is C30H31NO6. The second-order valence-electron chi connectivity index (χ2n) is 8.47. The van der Waals surface area contributed by atoms with Gasteiger partial charge in [-0.2, -0.15) is 0 Å². The van der Waals surface area contributed by atoms with Gasteiger partial charge >= 0.3 is 0 Å². The number of aliphatic hydroxyl groups excluding tert-OH is 1. The van der Waals surface area contributed by atoms with Crippen LogP contribution in [0.5, 0.6) is 17.2 Å². The maximum atomic E-state index is 13.4. The lowest BCUT2D eigenvalue weighted by atomic mass is 9.95. The quantitative estimate of drug-likeness (QED) is 0.212. The zero-order valence-electron chi connectivity index (χ0n) is 21.3. The molecule has 4 rings (SSSR count). The first kappa shape index (κ1) is 25.8. The summed E-state index contributed by atoms with van der Waals surface area (Å²) in [5.74, 6) is 0.166. The summed E-state index contributed by atoms with van der Waals surface area (Å²) in [6, 6.07) is 20.2. The standard InChI is InChI=1S/C30H31NO6/c1-4-18-37-25-9-7-8-21(19-25)28(32)26-27(20-10-14-23(15-11-20)35-5-2)31(30(34)29(26)33)22-12-16-24(17-13-22)36-6-3/h7-17,19,27,32H,4-6,18H2,1-3H3/b28-26-. The van der Waals surface area contributed by atoms with Gasteiger partial charge in [-0.15, -0.1) is 0 Å². The second kappa shape index (κ2) is 11.6. The van der Waals surface area contributed by atoms with Crippen LogP contribution < -0.4 is 19.1 Å². The molecule has 0 bridgehead atoms. The largest absolute Gasteiger partial charge is 0.507 e. The number of ether oxygens (including phenoxy) is 3. The third-order valence-corrected chi connectivity index (χ3v) is 5.96. The number of hydrogen-bond donors (Lipinski definition) is 1. The second-order valence-corrected chi connectivity index (χ2v) is 8.47. The van der Waals surface area contributed by atoms with E-state index >= 15 is 0 Å². The Balaban J connectivity index is 1.84. The van der Waals surface area contributed by atoms with Gasteiger partial charge in [0.2, 0.25) is 0 Å². The van der Waals surface area contributed by atoms with Gasteiger partial charge < -0.3 is 19.3 Å². The number of carbonyl (C=O) groups excluding carboxylic acids is 2. The lowest BCUT2D eigenvalue weighted by molar-refractivity contribution is -0.132. The smallest absolute Gasteiger partial charge is 0.300 e. The number of anilines is 1. The van der Waals surface area contributed by atoms with Crippen molar-refractivity contribution in [3.05, 3.63) is 89.5 Å². The molecule has 0 spiro atoms. The highest BCUT2D eigenvalue weighted by Gasteiger charge is 2.47. The van der Waals surface area contributed by atoms with Crippen molar-refractivity contribution < 1.29 is 28.9 Å². The molecule has 0 radical (unpaired) electrons. The van der Waals surface area contributed by atoms with E-state index in [4.69, 9.17) is 14.2 Å². The number of amides is 1. The van der Waals surface area contributed by atoms with Crippen molar-refractivity contribution in [1.29, 1.82) is 0 Å². The molecule has 7 heteroatoms. The minimum atomic E-state index is -0.839. The molecule has 1 amide bonds. The third kappa shape index (κ3) is 5.45. The molecular weight excluding hydrogens is 470 g/mol. The molecule has 192 valence electrons. The first-order valence-electron chi connectivity index (χ1n) is 12.5. The predicted molar refractivity (Wildman–Crippen MR) is 142 cm³/mol. The Labute approximate surface area is 216 Å². The number of carbonyl (C=O) groups is 2. The fourth-order valence-corrected chi connectivity index (χ4v) is 4.31. The minimum absolute atomic E-state index is 0.00989.